The number of alkyl halides is 2. The molecule has 3 aliphatic heterocycles. The predicted molar refractivity (Wildman–Crippen MR) is 199 cm³/mol. The second-order valence-electron chi connectivity index (χ2n) is 15.6. The lowest BCUT2D eigenvalue weighted by Gasteiger charge is -2.41. The molecule has 52 heavy (non-hydrogen) atoms. The number of nitrogens with zero attached hydrogens (tertiary/aromatic N) is 6. The van der Waals surface area contributed by atoms with E-state index in [9.17, 15) is 18.4 Å². The van der Waals surface area contributed by atoms with Gasteiger partial charge in [-0.3, -0.25) is 9.48 Å². The van der Waals surface area contributed by atoms with Gasteiger partial charge in [0.05, 0.1) is 30.6 Å². The van der Waals surface area contributed by atoms with Crippen LogP contribution in [0.1, 0.15) is 82.0 Å². The Bertz CT molecular complexity index is 2020. The van der Waals surface area contributed by atoms with Crippen LogP contribution in [0, 0.1) is 6.92 Å². The van der Waals surface area contributed by atoms with Gasteiger partial charge in [0.15, 0.2) is 0 Å². The number of aryl methyl sites for hydroxylation is 3. The first-order chi connectivity index (χ1) is 24.8. The number of methoxy groups -OCH3 is 1. The number of fused-ring (bicyclic) bond motifs is 2. The molecule has 0 radical (unpaired) electrons. The monoisotopic (exact) mass is 716 g/mol. The minimum Gasteiger partial charge on any atom is -0.497 e. The highest BCUT2D eigenvalue weighted by Crippen LogP contribution is 2.44. The number of halogens is 2. The molecule has 0 bridgehead atoms. The zero-order chi connectivity index (χ0) is 36.9. The fourth-order valence-electron chi connectivity index (χ4n) is 8.28. The third-order valence-corrected chi connectivity index (χ3v) is 11.0. The first-order valence-electron chi connectivity index (χ1n) is 18.5. The van der Waals surface area contributed by atoms with Crippen molar-refractivity contribution >= 4 is 28.4 Å². The summed E-state index contributed by atoms with van der Waals surface area (Å²) >= 11 is 0. The highest BCUT2D eigenvalue weighted by Gasteiger charge is 2.33. The normalized spacial score (nSPS) is 17.9. The van der Waals surface area contributed by atoms with E-state index in [2.05, 4.69) is 9.80 Å². The summed E-state index contributed by atoms with van der Waals surface area (Å²) in [6, 6.07) is 9.87. The summed E-state index contributed by atoms with van der Waals surface area (Å²) in [6.45, 7) is 11.4. The standard InChI is InChI=1S/C40H50F2N6O4/c1-25-18-33-35(44(5)38(25)49)20-30(51-6)21-36(33)47-13-7-8-26-19-31(32(37(41)42)22-34(26)47)27-23-43-48(24-27)29-11-14-45(15-12-29)28-9-16-46(17-10-28)39(50)52-40(2,3)4/h18-24,28-29,37H,7-17H2,1-6H3. The number of ether oxygens (including phenoxy) is 2. The molecule has 0 spiro atoms. The first kappa shape index (κ1) is 35.9. The molecule has 0 atom stereocenters. The van der Waals surface area contributed by atoms with Gasteiger partial charge < -0.3 is 28.7 Å². The van der Waals surface area contributed by atoms with Crippen molar-refractivity contribution in [1.82, 2.24) is 24.1 Å². The van der Waals surface area contributed by atoms with Gasteiger partial charge >= 0.3 is 6.09 Å². The van der Waals surface area contributed by atoms with Gasteiger partial charge in [0.1, 0.15) is 11.4 Å². The average Bonchev–Trinajstić information content (AvgIpc) is 3.63. The van der Waals surface area contributed by atoms with E-state index >= 15 is 0 Å². The van der Waals surface area contributed by atoms with Crippen molar-refractivity contribution in [3.8, 4) is 16.9 Å². The maximum atomic E-state index is 14.9. The van der Waals surface area contributed by atoms with Crippen LogP contribution in [0.3, 0.4) is 0 Å². The molecule has 0 aliphatic carbocycles. The average molecular weight is 717 g/mol. The highest BCUT2D eigenvalue weighted by atomic mass is 19.3. The van der Waals surface area contributed by atoms with E-state index in [4.69, 9.17) is 14.6 Å². The Morgan fingerprint density at radius 2 is 1.65 bits per heavy atom. The molecule has 5 heterocycles. The molecule has 1 amide bonds. The topological polar surface area (TPSA) is 85.1 Å². The minimum absolute atomic E-state index is 0.0199. The van der Waals surface area contributed by atoms with E-state index in [1.54, 1.807) is 37.9 Å². The number of rotatable bonds is 6. The number of carbonyl (C=O) groups excluding carboxylic acids is 1. The maximum absolute atomic E-state index is 14.9. The Morgan fingerprint density at radius 1 is 0.942 bits per heavy atom. The number of likely N-dealkylation sites (tertiary alicyclic amines) is 2. The second-order valence-corrected chi connectivity index (χ2v) is 15.6. The largest absolute Gasteiger partial charge is 0.497 e. The molecule has 0 N–H and O–H groups in total. The number of hydrogen-bond donors (Lipinski definition) is 0. The second kappa shape index (κ2) is 14.2. The molecular formula is C40H50F2N6O4. The van der Waals surface area contributed by atoms with E-state index < -0.39 is 12.0 Å². The van der Waals surface area contributed by atoms with E-state index in [0.717, 1.165) is 79.5 Å². The van der Waals surface area contributed by atoms with Crippen molar-refractivity contribution in [2.45, 2.75) is 90.3 Å². The highest BCUT2D eigenvalue weighted by molar-refractivity contribution is 5.97. The Morgan fingerprint density at radius 3 is 2.33 bits per heavy atom. The van der Waals surface area contributed by atoms with Crippen molar-refractivity contribution < 1.29 is 23.0 Å². The third-order valence-electron chi connectivity index (χ3n) is 11.0. The number of piperidine rings is 2. The molecule has 3 aliphatic rings. The summed E-state index contributed by atoms with van der Waals surface area (Å²) in [5.41, 5.74) is 4.54. The van der Waals surface area contributed by atoms with Crippen molar-refractivity contribution in [2.24, 2.45) is 7.05 Å². The van der Waals surface area contributed by atoms with Gasteiger partial charge in [-0.1, -0.05) is 0 Å². The number of aromatic nitrogens is 3. The van der Waals surface area contributed by atoms with Gasteiger partial charge in [-0.05, 0) is 95.5 Å². The van der Waals surface area contributed by atoms with Gasteiger partial charge in [-0.2, -0.15) is 5.10 Å². The van der Waals surface area contributed by atoms with E-state index in [1.165, 1.54) is 0 Å². The molecule has 2 saturated heterocycles. The third kappa shape index (κ3) is 7.01. The summed E-state index contributed by atoms with van der Waals surface area (Å²) in [5, 5.41) is 5.58. The Labute approximate surface area is 303 Å². The Balaban J connectivity index is 1.09. The summed E-state index contributed by atoms with van der Waals surface area (Å²) < 4.78 is 44.6. The number of pyridine rings is 1. The van der Waals surface area contributed by atoms with E-state index in [1.807, 2.05) is 60.8 Å². The summed E-state index contributed by atoms with van der Waals surface area (Å²) in [7, 11) is 3.33. The predicted octanol–water partition coefficient (Wildman–Crippen LogP) is 7.78. The Hall–Kier alpha value is -4.45. The number of benzene rings is 2. The molecule has 7 rings (SSSR count). The molecule has 2 fully saturated rings. The van der Waals surface area contributed by atoms with Gasteiger partial charge in [0.25, 0.3) is 12.0 Å². The number of hydrogen-bond acceptors (Lipinski definition) is 7. The summed E-state index contributed by atoms with van der Waals surface area (Å²) in [4.78, 5) is 31.8. The molecule has 2 aromatic carbocycles. The van der Waals surface area contributed by atoms with Crippen molar-refractivity contribution in [3.63, 3.8) is 0 Å². The van der Waals surface area contributed by atoms with Crippen LogP contribution in [0.2, 0.25) is 0 Å². The zero-order valence-electron chi connectivity index (χ0n) is 31.1. The van der Waals surface area contributed by atoms with Crippen LogP contribution in [0.5, 0.6) is 5.75 Å². The number of anilines is 2. The minimum atomic E-state index is -2.68. The summed E-state index contributed by atoms with van der Waals surface area (Å²) in [6.07, 6.45) is 6.07. The lowest BCUT2D eigenvalue weighted by atomic mass is 9.92. The zero-order valence-corrected chi connectivity index (χ0v) is 31.1. The fraction of sp³-hybridized carbons (Fsp3) is 0.525. The molecular weight excluding hydrogens is 666 g/mol. The van der Waals surface area contributed by atoms with Gasteiger partial charge in [-0.15, -0.1) is 0 Å². The van der Waals surface area contributed by atoms with E-state index in [0.29, 0.717) is 48.1 Å². The van der Waals surface area contributed by atoms with Gasteiger partial charge in [0, 0.05) is 91.9 Å². The molecule has 12 heteroatoms. The molecule has 10 nitrogen and oxygen atoms in total. The van der Waals surface area contributed by atoms with Crippen LogP contribution < -0.4 is 15.2 Å². The SMILES string of the molecule is COc1cc(N2CCCc3cc(-c4cnn(C5CCN(C6CCN(C(=O)OC(C)(C)C)CC6)CC5)c4)c(C(F)F)cc32)c2cc(C)c(=O)n(C)c2c1. The Kier molecular flexibility index (Phi) is 9.79. The lowest BCUT2D eigenvalue weighted by molar-refractivity contribution is 0.0119. The number of carbonyl (C=O) groups is 1. The van der Waals surface area contributed by atoms with Crippen molar-refractivity contribution in [1.29, 1.82) is 0 Å². The van der Waals surface area contributed by atoms with Gasteiger partial charge in [-0.25, -0.2) is 13.6 Å². The quantitative estimate of drug-likeness (QED) is 0.202. The van der Waals surface area contributed by atoms with Crippen molar-refractivity contribution in [2.75, 3.05) is 44.7 Å². The van der Waals surface area contributed by atoms with Crippen LogP contribution in [-0.2, 0) is 18.2 Å². The maximum Gasteiger partial charge on any atom is 0.410 e. The van der Waals surface area contributed by atoms with E-state index in [-0.39, 0.29) is 23.3 Å². The lowest BCUT2D eigenvalue weighted by Crippen LogP contribution is -2.49. The molecule has 4 aromatic rings. The summed E-state index contributed by atoms with van der Waals surface area (Å²) in [5.74, 6) is 0.598. The van der Waals surface area contributed by atoms with Crippen LogP contribution in [0.4, 0.5) is 25.0 Å². The van der Waals surface area contributed by atoms with Gasteiger partial charge in [0.2, 0.25) is 0 Å². The van der Waals surface area contributed by atoms with Crippen LogP contribution >= 0.6 is 0 Å². The molecule has 0 saturated carbocycles. The fourth-order valence-corrected chi connectivity index (χ4v) is 8.28. The molecule has 278 valence electrons. The number of amides is 1. The van der Waals surface area contributed by atoms with Crippen LogP contribution in [-0.4, -0.2) is 81.7 Å². The molecule has 0 unspecified atom stereocenters. The first-order valence-corrected chi connectivity index (χ1v) is 18.5. The van der Waals surface area contributed by atoms with Crippen LogP contribution in [0.15, 0.2) is 47.5 Å². The molecule has 2 aromatic heterocycles. The van der Waals surface area contributed by atoms with Crippen LogP contribution in [0.25, 0.3) is 22.0 Å². The van der Waals surface area contributed by atoms with Crippen molar-refractivity contribution in [3.05, 3.63) is 69.8 Å². The smallest absolute Gasteiger partial charge is 0.410 e.